The second-order valence-corrected chi connectivity index (χ2v) is 7.96. The van der Waals surface area contributed by atoms with Crippen LogP contribution in [0.5, 0.6) is 5.75 Å². The third-order valence-corrected chi connectivity index (χ3v) is 5.59. The molecule has 0 aliphatic heterocycles. The summed E-state index contributed by atoms with van der Waals surface area (Å²) in [5.74, 6) is 0.566. The molecule has 1 fully saturated rings. The first-order valence-electron chi connectivity index (χ1n) is 9.59. The summed E-state index contributed by atoms with van der Waals surface area (Å²) in [4.78, 5) is 21.8. The first kappa shape index (κ1) is 19.7. The number of anilines is 1. The maximum Gasteiger partial charge on any atom is 0.229 e. The lowest BCUT2D eigenvalue weighted by Gasteiger charge is -2.29. The molecule has 2 N–H and O–H groups in total. The van der Waals surface area contributed by atoms with E-state index in [-0.39, 0.29) is 18.4 Å². The molecule has 2 heterocycles. The topological polar surface area (TPSA) is 89.3 Å². The van der Waals surface area contributed by atoms with Crippen molar-refractivity contribution in [3.8, 4) is 5.75 Å². The number of hydrogen-bond acceptors (Lipinski definition) is 5. The number of fused-ring (bicyclic) bond motifs is 1. The average Bonchev–Trinajstić information content (AvgIpc) is 2.97. The fourth-order valence-electron chi connectivity index (χ4n) is 3.62. The Morgan fingerprint density at radius 1 is 1.34 bits per heavy atom. The molecule has 1 atom stereocenters. The van der Waals surface area contributed by atoms with Gasteiger partial charge in [0.15, 0.2) is 16.9 Å². The molecule has 1 saturated carbocycles. The molecular formula is C21H23ClN4O3. The van der Waals surface area contributed by atoms with Crippen molar-refractivity contribution in [3.05, 3.63) is 47.1 Å². The van der Waals surface area contributed by atoms with E-state index in [9.17, 15) is 9.90 Å². The number of carbonyl (C=O) groups is 1. The molecule has 1 aromatic carbocycles. The van der Waals surface area contributed by atoms with Crippen molar-refractivity contribution in [1.29, 1.82) is 0 Å². The highest BCUT2D eigenvalue weighted by atomic mass is 35.5. The average molecular weight is 415 g/mol. The normalized spacial score (nSPS) is 16.3. The summed E-state index contributed by atoms with van der Waals surface area (Å²) in [6.07, 6.45) is 2.97. The number of methoxy groups -OCH3 is 1. The molecule has 0 unspecified atom stereocenters. The minimum atomic E-state index is -1.29. The third kappa shape index (κ3) is 3.80. The Labute approximate surface area is 173 Å². The van der Waals surface area contributed by atoms with Gasteiger partial charge in [-0.15, -0.1) is 0 Å². The molecule has 0 saturated heterocycles. The van der Waals surface area contributed by atoms with E-state index in [1.165, 1.54) is 0 Å². The van der Waals surface area contributed by atoms with Crippen molar-refractivity contribution in [1.82, 2.24) is 14.5 Å². The van der Waals surface area contributed by atoms with Crippen molar-refractivity contribution < 1.29 is 14.6 Å². The maximum atomic E-state index is 12.8. The number of halogens is 1. The standard InChI is InChI=1S/C21H23ClN4O3/c1-21(28,13-7-4-3-5-8-13)12-17(27)24-20-25-18-15(29-2)11-16(22)23-19(18)26(20)14-9-6-10-14/h3-5,7-8,11,14,28H,6,9-10,12H2,1-2H3,(H,24,25,27)/t21-/m0/s1. The van der Waals surface area contributed by atoms with Gasteiger partial charge in [-0.3, -0.25) is 14.7 Å². The van der Waals surface area contributed by atoms with E-state index in [0.29, 0.717) is 33.6 Å². The Kier molecular flexibility index (Phi) is 5.19. The van der Waals surface area contributed by atoms with Crippen molar-refractivity contribution in [2.24, 2.45) is 0 Å². The summed E-state index contributed by atoms with van der Waals surface area (Å²) in [5.41, 5.74) is 0.522. The first-order chi connectivity index (χ1) is 13.9. The molecule has 7 nitrogen and oxygen atoms in total. The second kappa shape index (κ2) is 7.65. The van der Waals surface area contributed by atoms with Crippen LogP contribution in [0, 0.1) is 0 Å². The Morgan fingerprint density at radius 2 is 2.07 bits per heavy atom. The van der Waals surface area contributed by atoms with Crippen LogP contribution in [-0.2, 0) is 10.4 Å². The first-order valence-corrected chi connectivity index (χ1v) is 9.97. The molecule has 3 aromatic rings. The molecule has 29 heavy (non-hydrogen) atoms. The number of aliphatic hydroxyl groups is 1. The number of aromatic nitrogens is 3. The number of benzene rings is 1. The predicted molar refractivity (Wildman–Crippen MR) is 111 cm³/mol. The number of pyridine rings is 1. The van der Waals surface area contributed by atoms with Gasteiger partial charge in [0.05, 0.1) is 19.1 Å². The van der Waals surface area contributed by atoms with Crippen molar-refractivity contribution in [3.63, 3.8) is 0 Å². The van der Waals surface area contributed by atoms with Crippen LogP contribution in [0.25, 0.3) is 11.2 Å². The van der Waals surface area contributed by atoms with Crippen LogP contribution in [0.1, 0.15) is 44.2 Å². The Bertz CT molecular complexity index is 1050. The Hall–Kier alpha value is -2.64. The molecular weight excluding hydrogens is 392 g/mol. The third-order valence-electron chi connectivity index (χ3n) is 5.39. The number of nitrogens with zero attached hydrogens (tertiary/aromatic N) is 3. The maximum absolute atomic E-state index is 12.8. The zero-order chi connectivity index (χ0) is 20.6. The van der Waals surface area contributed by atoms with Gasteiger partial charge in [-0.1, -0.05) is 41.9 Å². The molecule has 4 rings (SSSR count). The highest BCUT2D eigenvalue weighted by Gasteiger charge is 2.30. The second-order valence-electron chi connectivity index (χ2n) is 7.57. The zero-order valence-electron chi connectivity index (χ0n) is 16.4. The number of ether oxygens (including phenoxy) is 1. The van der Waals surface area contributed by atoms with E-state index >= 15 is 0 Å². The smallest absolute Gasteiger partial charge is 0.229 e. The number of hydrogen-bond donors (Lipinski definition) is 2. The molecule has 1 amide bonds. The van der Waals surface area contributed by atoms with Gasteiger partial charge in [0.25, 0.3) is 0 Å². The van der Waals surface area contributed by atoms with Crippen LogP contribution in [0.4, 0.5) is 5.95 Å². The van der Waals surface area contributed by atoms with Crippen LogP contribution < -0.4 is 10.1 Å². The minimum absolute atomic E-state index is 0.101. The van der Waals surface area contributed by atoms with E-state index in [1.54, 1.807) is 32.2 Å². The van der Waals surface area contributed by atoms with Crippen molar-refractivity contribution >= 4 is 34.6 Å². The molecule has 1 aliphatic rings. The molecule has 152 valence electrons. The number of nitrogens with one attached hydrogen (secondary N) is 1. The Balaban J connectivity index is 1.66. The number of amides is 1. The number of rotatable bonds is 6. The van der Waals surface area contributed by atoms with Crippen LogP contribution in [0.15, 0.2) is 36.4 Å². The van der Waals surface area contributed by atoms with E-state index < -0.39 is 5.60 Å². The molecule has 0 bridgehead atoms. The Morgan fingerprint density at radius 3 is 2.69 bits per heavy atom. The van der Waals surface area contributed by atoms with Crippen LogP contribution in [0.3, 0.4) is 0 Å². The van der Waals surface area contributed by atoms with Gasteiger partial charge in [-0.2, -0.15) is 0 Å². The van der Waals surface area contributed by atoms with Crippen LogP contribution >= 0.6 is 11.6 Å². The summed E-state index contributed by atoms with van der Waals surface area (Å²) >= 11 is 6.16. The van der Waals surface area contributed by atoms with Gasteiger partial charge < -0.3 is 9.84 Å². The van der Waals surface area contributed by atoms with Gasteiger partial charge >= 0.3 is 0 Å². The summed E-state index contributed by atoms with van der Waals surface area (Å²) in [6, 6.07) is 10.9. The highest BCUT2D eigenvalue weighted by molar-refractivity contribution is 6.30. The number of imidazole rings is 1. The van der Waals surface area contributed by atoms with Gasteiger partial charge in [-0.25, -0.2) is 9.97 Å². The van der Waals surface area contributed by atoms with E-state index in [1.807, 2.05) is 22.8 Å². The molecule has 1 aliphatic carbocycles. The van der Waals surface area contributed by atoms with Crippen LogP contribution in [-0.4, -0.2) is 32.7 Å². The summed E-state index contributed by atoms with van der Waals surface area (Å²) in [6.45, 7) is 1.63. The minimum Gasteiger partial charge on any atom is -0.494 e. The molecule has 2 aromatic heterocycles. The summed E-state index contributed by atoms with van der Waals surface area (Å²) in [7, 11) is 1.54. The van der Waals surface area contributed by atoms with Crippen LogP contribution in [0.2, 0.25) is 5.15 Å². The van der Waals surface area contributed by atoms with E-state index in [0.717, 1.165) is 19.3 Å². The van der Waals surface area contributed by atoms with Gasteiger partial charge in [0, 0.05) is 12.1 Å². The van der Waals surface area contributed by atoms with Crippen molar-refractivity contribution in [2.45, 2.75) is 44.2 Å². The number of carbonyl (C=O) groups excluding carboxylic acids is 1. The highest BCUT2D eigenvalue weighted by Crippen LogP contribution is 2.39. The zero-order valence-corrected chi connectivity index (χ0v) is 17.1. The molecule has 0 radical (unpaired) electrons. The SMILES string of the molecule is COc1cc(Cl)nc2c1nc(NC(=O)C[C@](C)(O)c1ccccc1)n2C1CCC1. The monoisotopic (exact) mass is 414 g/mol. The van der Waals surface area contributed by atoms with E-state index in [4.69, 9.17) is 16.3 Å². The van der Waals surface area contributed by atoms with Gasteiger partial charge in [-0.05, 0) is 31.7 Å². The quantitative estimate of drug-likeness (QED) is 0.594. The van der Waals surface area contributed by atoms with Gasteiger partial charge in [0.2, 0.25) is 11.9 Å². The predicted octanol–water partition coefficient (Wildman–Crippen LogP) is 4.05. The molecule has 8 heteroatoms. The fraction of sp³-hybridized carbons (Fsp3) is 0.381. The lowest BCUT2D eigenvalue weighted by Crippen LogP contribution is -2.30. The molecule has 0 spiro atoms. The van der Waals surface area contributed by atoms with Gasteiger partial charge in [0.1, 0.15) is 5.15 Å². The summed E-state index contributed by atoms with van der Waals surface area (Å²) < 4.78 is 7.32. The fourth-order valence-corrected chi connectivity index (χ4v) is 3.80. The van der Waals surface area contributed by atoms with Crippen molar-refractivity contribution in [2.75, 3.05) is 12.4 Å². The largest absolute Gasteiger partial charge is 0.494 e. The lowest BCUT2D eigenvalue weighted by atomic mass is 9.92. The van der Waals surface area contributed by atoms with E-state index in [2.05, 4.69) is 15.3 Å². The lowest BCUT2D eigenvalue weighted by molar-refractivity contribution is -0.120. The summed E-state index contributed by atoms with van der Waals surface area (Å²) in [5, 5.41) is 14.0.